The largest absolute Gasteiger partial charge is 0.352 e. The number of hydrogen-bond donors (Lipinski definition) is 1. The summed E-state index contributed by atoms with van der Waals surface area (Å²) >= 11 is 0. The van der Waals surface area contributed by atoms with E-state index < -0.39 is 0 Å². The van der Waals surface area contributed by atoms with E-state index in [1.807, 2.05) is 31.3 Å². The first-order valence-electron chi connectivity index (χ1n) is 12.0. The lowest BCUT2D eigenvalue weighted by Gasteiger charge is -2.24. The van der Waals surface area contributed by atoms with Crippen LogP contribution in [0.15, 0.2) is 114 Å². The molecule has 0 aliphatic carbocycles. The molecule has 0 saturated heterocycles. The summed E-state index contributed by atoms with van der Waals surface area (Å²) in [6.45, 7) is 0.706. The number of nitrogens with one attached hydrogen (secondary N) is 1. The molecule has 1 N–H and O–H groups in total. The predicted octanol–water partition coefficient (Wildman–Crippen LogP) is 6.54. The molecular weight excluding hydrogens is 430 g/mol. The first-order chi connectivity index (χ1) is 17.3. The van der Waals surface area contributed by atoms with E-state index in [9.17, 15) is 0 Å². The maximum atomic E-state index is 5.07. The van der Waals surface area contributed by atoms with Crippen LogP contribution in [0.25, 0.3) is 11.0 Å². The van der Waals surface area contributed by atoms with Crippen molar-refractivity contribution in [2.75, 3.05) is 10.3 Å². The van der Waals surface area contributed by atoms with Gasteiger partial charge in [0.25, 0.3) is 0 Å². The Balaban J connectivity index is 1.24. The molecule has 5 heteroatoms. The fraction of sp³-hybridized carbons (Fsp3) is 0.133. The summed E-state index contributed by atoms with van der Waals surface area (Å²) in [5.41, 5.74) is 7.99. The highest BCUT2D eigenvalue weighted by atomic mass is 15.5. The van der Waals surface area contributed by atoms with E-state index in [-0.39, 0.29) is 6.04 Å². The second-order valence-corrected chi connectivity index (χ2v) is 8.89. The van der Waals surface area contributed by atoms with Gasteiger partial charge in [-0.15, -0.1) is 0 Å². The molecule has 0 radical (unpaired) electrons. The number of anilines is 2. The summed E-state index contributed by atoms with van der Waals surface area (Å²) in [6, 6.07) is 38.2. The number of aryl methyl sites for hydroxylation is 1. The number of rotatable bonds is 6. The molecule has 0 amide bonds. The van der Waals surface area contributed by atoms with Crippen LogP contribution in [-0.4, -0.2) is 15.3 Å². The fourth-order valence-corrected chi connectivity index (χ4v) is 4.74. The molecule has 1 aliphatic heterocycles. The van der Waals surface area contributed by atoms with Crippen LogP contribution in [0, 0.1) is 0 Å². The van der Waals surface area contributed by atoms with Crippen molar-refractivity contribution in [2.45, 2.75) is 19.0 Å². The smallest absolute Gasteiger partial charge is 0.203 e. The maximum absolute atomic E-state index is 5.07. The van der Waals surface area contributed by atoms with Crippen molar-refractivity contribution in [3.8, 4) is 0 Å². The Bertz CT molecular complexity index is 1470. The van der Waals surface area contributed by atoms with Crippen molar-refractivity contribution in [2.24, 2.45) is 12.1 Å². The summed E-state index contributed by atoms with van der Waals surface area (Å²) in [4.78, 5) is 4.71. The van der Waals surface area contributed by atoms with Crippen molar-refractivity contribution >= 4 is 28.4 Å². The van der Waals surface area contributed by atoms with Crippen LogP contribution in [0.2, 0.25) is 0 Å². The second kappa shape index (κ2) is 9.11. The molecule has 35 heavy (non-hydrogen) atoms. The summed E-state index contributed by atoms with van der Waals surface area (Å²) in [5, 5.41) is 10.7. The average molecular weight is 458 g/mol. The minimum Gasteiger partial charge on any atom is -0.352 e. The van der Waals surface area contributed by atoms with Gasteiger partial charge >= 0.3 is 0 Å². The molecule has 0 fully saturated rings. The number of aromatic nitrogens is 2. The van der Waals surface area contributed by atoms with Gasteiger partial charge in [0.15, 0.2) is 0 Å². The zero-order valence-electron chi connectivity index (χ0n) is 19.7. The Labute approximate surface area is 205 Å². The van der Waals surface area contributed by atoms with E-state index in [0.29, 0.717) is 6.54 Å². The van der Waals surface area contributed by atoms with Crippen LogP contribution < -0.4 is 10.3 Å². The highest BCUT2D eigenvalue weighted by Gasteiger charge is 2.29. The molecular formula is C30H27N5. The van der Waals surface area contributed by atoms with Crippen LogP contribution >= 0.6 is 0 Å². The summed E-state index contributed by atoms with van der Waals surface area (Å²) < 4.78 is 2.10. The summed E-state index contributed by atoms with van der Waals surface area (Å²) in [6.07, 6.45) is 0.879. The van der Waals surface area contributed by atoms with E-state index in [0.717, 1.165) is 34.8 Å². The van der Waals surface area contributed by atoms with Crippen LogP contribution in [-0.2, 0) is 13.6 Å². The molecule has 0 spiro atoms. The van der Waals surface area contributed by atoms with Crippen molar-refractivity contribution < 1.29 is 0 Å². The number of nitrogens with zero attached hydrogens (tertiary/aromatic N) is 4. The number of hydrazone groups is 1. The van der Waals surface area contributed by atoms with E-state index in [4.69, 9.17) is 10.1 Å². The zero-order valence-corrected chi connectivity index (χ0v) is 19.7. The third-order valence-electron chi connectivity index (χ3n) is 6.64. The van der Waals surface area contributed by atoms with Gasteiger partial charge in [-0.25, -0.2) is 4.98 Å². The number of imidazole rings is 1. The average Bonchev–Trinajstić information content (AvgIpc) is 3.51. The Morgan fingerprint density at radius 1 is 0.800 bits per heavy atom. The van der Waals surface area contributed by atoms with Gasteiger partial charge in [-0.05, 0) is 41.0 Å². The number of hydrogen-bond acceptors (Lipinski definition) is 4. The number of para-hydroxylation sites is 2. The lowest BCUT2D eigenvalue weighted by Crippen LogP contribution is -2.18. The van der Waals surface area contributed by atoms with Crippen LogP contribution in [0.4, 0.5) is 11.6 Å². The van der Waals surface area contributed by atoms with Gasteiger partial charge in [0.2, 0.25) is 5.95 Å². The molecule has 6 rings (SSSR count). The molecule has 1 aromatic heterocycles. The third-order valence-corrected chi connectivity index (χ3v) is 6.64. The maximum Gasteiger partial charge on any atom is 0.203 e. The summed E-state index contributed by atoms with van der Waals surface area (Å²) in [7, 11) is 2.04. The van der Waals surface area contributed by atoms with Gasteiger partial charge in [0, 0.05) is 20.0 Å². The van der Waals surface area contributed by atoms with Gasteiger partial charge in [-0.3, -0.25) is 5.01 Å². The number of fused-ring (bicyclic) bond motifs is 1. The van der Waals surface area contributed by atoms with Crippen LogP contribution in [0.1, 0.15) is 29.2 Å². The second-order valence-electron chi connectivity index (χ2n) is 8.89. The Morgan fingerprint density at radius 2 is 1.49 bits per heavy atom. The van der Waals surface area contributed by atoms with Crippen molar-refractivity contribution in [3.05, 3.63) is 126 Å². The molecule has 0 bridgehead atoms. The lowest BCUT2D eigenvalue weighted by atomic mass is 9.98. The molecule has 2 heterocycles. The normalized spacial score (nSPS) is 15.4. The topological polar surface area (TPSA) is 45.5 Å². The number of benzene rings is 4. The third kappa shape index (κ3) is 4.17. The van der Waals surface area contributed by atoms with Crippen molar-refractivity contribution in [3.63, 3.8) is 0 Å². The molecule has 5 aromatic rings. The molecule has 5 nitrogen and oxygen atoms in total. The highest BCUT2D eigenvalue weighted by Crippen LogP contribution is 2.36. The molecule has 172 valence electrons. The first-order valence-corrected chi connectivity index (χ1v) is 12.0. The van der Waals surface area contributed by atoms with Gasteiger partial charge in [0.1, 0.15) is 0 Å². The first kappa shape index (κ1) is 21.2. The predicted molar refractivity (Wildman–Crippen MR) is 144 cm³/mol. The Hall–Kier alpha value is -4.38. The summed E-state index contributed by atoms with van der Waals surface area (Å²) in [5.74, 6) is 0.871. The van der Waals surface area contributed by atoms with Crippen molar-refractivity contribution in [1.82, 2.24) is 9.55 Å². The van der Waals surface area contributed by atoms with Crippen LogP contribution in [0.3, 0.4) is 0 Å². The molecule has 0 unspecified atom stereocenters. The molecule has 1 aliphatic rings. The fourth-order valence-electron chi connectivity index (χ4n) is 4.74. The van der Waals surface area contributed by atoms with E-state index in [1.54, 1.807) is 0 Å². The zero-order chi connectivity index (χ0) is 23.6. The van der Waals surface area contributed by atoms with Gasteiger partial charge in [0.05, 0.1) is 28.5 Å². The highest BCUT2D eigenvalue weighted by molar-refractivity contribution is 6.03. The Morgan fingerprint density at radius 3 is 2.23 bits per heavy atom. The van der Waals surface area contributed by atoms with E-state index in [2.05, 4.69) is 99.8 Å². The molecule has 4 aromatic carbocycles. The SMILES string of the molecule is Cn1c(NCc2ccc(N3N=C(c4ccccc4)C[C@@H]3c3ccccc3)cc2)nc2ccccc21. The molecule has 1 atom stereocenters. The Kier molecular flexibility index (Phi) is 5.51. The molecule has 0 saturated carbocycles. The van der Waals surface area contributed by atoms with E-state index >= 15 is 0 Å². The minimum atomic E-state index is 0.176. The standard InChI is InChI=1S/C30H27N5/c1-34-28-15-9-8-14-26(28)32-30(34)31-21-22-16-18-25(19-17-22)35-29(24-12-6-3-7-13-24)20-27(33-35)23-10-4-2-5-11-23/h2-19,29H,20-21H2,1H3,(H,31,32)/t29-/m1/s1. The van der Waals surface area contributed by atoms with Gasteiger partial charge in [-0.1, -0.05) is 84.9 Å². The van der Waals surface area contributed by atoms with Gasteiger partial charge in [-0.2, -0.15) is 5.10 Å². The van der Waals surface area contributed by atoms with E-state index in [1.165, 1.54) is 16.7 Å². The monoisotopic (exact) mass is 457 g/mol. The van der Waals surface area contributed by atoms with Crippen molar-refractivity contribution in [1.29, 1.82) is 0 Å². The minimum absolute atomic E-state index is 0.176. The van der Waals surface area contributed by atoms with Crippen LogP contribution in [0.5, 0.6) is 0 Å². The van der Waals surface area contributed by atoms with Gasteiger partial charge < -0.3 is 9.88 Å². The lowest BCUT2D eigenvalue weighted by molar-refractivity contribution is 0.709. The quantitative estimate of drug-likeness (QED) is 0.315.